The summed E-state index contributed by atoms with van der Waals surface area (Å²) in [5.41, 5.74) is 0. The van der Waals surface area contributed by atoms with E-state index < -0.39 is 24.5 Å². The Morgan fingerprint density at radius 2 is 2.00 bits per heavy atom. The fourth-order valence-corrected chi connectivity index (χ4v) is 0.526. The summed E-state index contributed by atoms with van der Waals surface area (Å²) >= 11 is 0. The van der Waals surface area contributed by atoms with Gasteiger partial charge in [-0.15, -0.1) is 0 Å². The van der Waals surface area contributed by atoms with Crippen LogP contribution in [0.15, 0.2) is 0 Å². The highest BCUT2D eigenvalue weighted by molar-refractivity contribution is 5.79. The normalized spacial score (nSPS) is 12.4. The van der Waals surface area contributed by atoms with Crippen LogP contribution < -0.4 is 0 Å². The molecule has 0 aromatic heterocycles. The Bertz CT molecular complexity index is 165. The van der Waals surface area contributed by atoms with E-state index in [1.165, 1.54) is 7.11 Å². The molecule has 0 aromatic carbocycles. The van der Waals surface area contributed by atoms with Crippen molar-refractivity contribution in [1.82, 2.24) is 0 Å². The molecule has 2 N–H and O–H groups in total. The summed E-state index contributed by atoms with van der Waals surface area (Å²) < 4.78 is 8.99. The molecule has 0 bridgehead atoms. The van der Waals surface area contributed by atoms with E-state index in [-0.39, 0.29) is 6.79 Å². The summed E-state index contributed by atoms with van der Waals surface area (Å²) in [5.74, 6) is -2.53. The first kappa shape index (κ1) is 10.9. The number of aliphatic carboxylic acids is 2. The van der Waals surface area contributed by atoms with Crippen molar-refractivity contribution in [3.8, 4) is 0 Å². The Kier molecular flexibility index (Phi) is 4.98. The standard InChI is InChI=1S/C6H10O6/c1-11-3-12-4(6(9)10)2-5(7)8/h4H,2-3H2,1H3,(H,7,8)(H,9,10)/t4-/m0/s1. The van der Waals surface area contributed by atoms with Gasteiger partial charge in [0.1, 0.15) is 6.79 Å². The molecule has 12 heavy (non-hydrogen) atoms. The third-order valence-corrected chi connectivity index (χ3v) is 1.02. The van der Waals surface area contributed by atoms with Gasteiger partial charge >= 0.3 is 11.9 Å². The van der Waals surface area contributed by atoms with E-state index in [2.05, 4.69) is 9.47 Å². The van der Waals surface area contributed by atoms with Crippen molar-refractivity contribution < 1.29 is 29.3 Å². The first-order valence-corrected chi connectivity index (χ1v) is 3.13. The lowest BCUT2D eigenvalue weighted by Gasteiger charge is -2.09. The molecular weight excluding hydrogens is 168 g/mol. The third-order valence-electron chi connectivity index (χ3n) is 1.02. The monoisotopic (exact) mass is 178 g/mol. The molecule has 0 radical (unpaired) electrons. The van der Waals surface area contributed by atoms with Crippen molar-refractivity contribution >= 4 is 11.9 Å². The SMILES string of the molecule is COCO[C@@H](CC(=O)O)C(=O)O. The summed E-state index contributed by atoms with van der Waals surface area (Å²) in [5, 5.41) is 16.7. The largest absolute Gasteiger partial charge is 0.481 e. The zero-order chi connectivity index (χ0) is 9.56. The average Bonchev–Trinajstić information content (AvgIpc) is 1.96. The van der Waals surface area contributed by atoms with Gasteiger partial charge in [0, 0.05) is 7.11 Å². The maximum Gasteiger partial charge on any atom is 0.333 e. The van der Waals surface area contributed by atoms with Crippen LogP contribution in [0.1, 0.15) is 6.42 Å². The summed E-state index contributed by atoms with van der Waals surface area (Å²) in [6.45, 7) is -0.232. The van der Waals surface area contributed by atoms with Crippen molar-refractivity contribution in [2.24, 2.45) is 0 Å². The van der Waals surface area contributed by atoms with E-state index in [0.717, 1.165) is 0 Å². The minimum atomic E-state index is -1.34. The maximum atomic E-state index is 10.3. The lowest BCUT2D eigenvalue weighted by atomic mass is 10.2. The summed E-state index contributed by atoms with van der Waals surface area (Å²) in [4.78, 5) is 20.4. The first-order chi connectivity index (χ1) is 5.57. The van der Waals surface area contributed by atoms with Gasteiger partial charge < -0.3 is 19.7 Å². The smallest absolute Gasteiger partial charge is 0.333 e. The van der Waals surface area contributed by atoms with Gasteiger partial charge in [0.2, 0.25) is 0 Å². The van der Waals surface area contributed by atoms with Crippen LogP contribution in [0.4, 0.5) is 0 Å². The molecule has 0 aromatic rings. The van der Waals surface area contributed by atoms with Crippen LogP contribution in [0.25, 0.3) is 0 Å². The molecule has 0 fully saturated rings. The number of methoxy groups -OCH3 is 1. The van der Waals surface area contributed by atoms with E-state index in [0.29, 0.717) is 0 Å². The Labute approximate surface area is 68.7 Å². The molecule has 70 valence electrons. The molecule has 0 unspecified atom stereocenters. The van der Waals surface area contributed by atoms with Gasteiger partial charge in [-0.3, -0.25) is 4.79 Å². The highest BCUT2D eigenvalue weighted by atomic mass is 16.7. The van der Waals surface area contributed by atoms with Crippen LogP contribution in [-0.4, -0.2) is 42.2 Å². The average molecular weight is 178 g/mol. The van der Waals surface area contributed by atoms with Gasteiger partial charge in [0.05, 0.1) is 6.42 Å². The second-order valence-corrected chi connectivity index (χ2v) is 2.00. The van der Waals surface area contributed by atoms with Gasteiger partial charge in [-0.05, 0) is 0 Å². The molecule has 0 aliphatic rings. The highest BCUT2D eigenvalue weighted by Gasteiger charge is 2.21. The lowest BCUT2D eigenvalue weighted by Crippen LogP contribution is -2.27. The lowest BCUT2D eigenvalue weighted by molar-refractivity contribution is -0.164. The number of ether oxygens (including phenoxy) is 2. The molecule has 6 nitrogen and oxygen atoms in total. The zero-order valence-corrected chi connectivity index (χ0v) is 6.52. The van der Waals surface area contributed by atoms with Crippen LogP contribution in [0, 0.1) is 0 Å². The molecule has 1 atom stereocenters. The fourth-order valence-electron chi connectivity index (χ4n) is 0.526. The Morgan fingerprint density at radius 3 is 2.33 bits per heavy atom. The second kappa shape index (κ2) is 5.50. The van der Waals surface area contributed by atoms with E-state index in [9.17, 15) is 9.59 Å². The molecule has 0 aliphatic carbocycles. The van der Waals surface area contributed by atoms with Gasteiger partial charge in [-0.2, -0.15) is 0 Å². The van der Waals surface area contributed by atoms with Gasteiger partial charge in [-0.25, -0.2) is 4.79 Å². The van der Waals surface area contributed by atoms with Crippen LogP contribution in [0.2, 0.25) is 0 Å². The van der Waals surface area contributed by atoms with Crippen molar-refractivity contribution in [1.29, 1.82) is 0 Å². The van der Waals surface area contributed by atoms with Crippen LogP contribution in [0.5, 0.6) is 0 Å². The minimum absolute atomic E-state index is 0.232. The van der Waals surface area contributed by atoms with E-state index >= 15 is 0 Å². The molecule has 0 amide bonds. The number of hydrogen-bond donors (Lipinski definition) is 2. The number of rotatable bonds is 6. The molecule has 0 saturated heterocycles. The Morgan fingerprint density at radius 1 is 1.42 bits per heavy atom. The van der Waals surface area contributed by atoms with Gasteiger partial charge in [0.25, 0.3) is 0 Å². The fraction of sp³-hybridized carbons (Fsp3) is 0.667. The third kappa shape index (κ3) is 4.64. The summed E-state index contributed by atoms with van der Waals surface area (Å²) in [6.07, 6.45) is -1.92. The number of carbonyl (C=O) groups is 2. The maximum absolute atomic E-state index is 10.3. The summed E-state index contributed by atoms with van der Waals surface area (Å²) in [7, 11) is 1.32. The first-order valence-electron chi connectivity index (χ1n) is 3.13. The topological polar surface area (TPSA) is 93.1 Å². The van der Waals surface area contributed by atoms with Crippen LogP contribution in [0.3, 0.4) is 0 Å². The quantitative estimate of drug-likeness (QED) is 0.534. The zero-order valence-electron chi connectivity index (χ0n) is 6.52. The van der Waals surface area contributed by atoms with Crippen molar-refractivity contribution in [2.75, 3.05) is 13.9 Å². The molecule has 0 aliphatic heterocycles. The van der Waals surface area contributed by atoms with E-state index in [1.807, 2.05) is 0 Å². The van der Waals surface area contributed by atoms with Crippen molar-refractivity contribution in [2.45, 2.75) is 12.5 Å². The number of hydrogen-bond acceptors (Lipinski definition) is 4. The van der Waals surface area contributed by atoms with E-state index in [4.69, 9.17) is 10.2 Å². The molecule has 0 heterocycles. The van der Waals surface area contributed by atoms with Crippen LogP contribution >= 0.6 is 0 Å². The van der Waals surface area contributed by atoms with E-state index in [1.54, 1.807) is 0 Å². The molecule has 0 saturated carbocycles. The van der Waals surface area contributed by atoms with Gasteiger partial charge in [-0.1, -0.05) is 0 Å². The van der Waals surface area contributed by atoms with Crippen LogP contribution in [-0.2, 0) is 19.1 Å². The Balaban J connectivity index is 3.87. The summed E-state index contributed by atoms with van der Waals surface area (Å²) in [6, 6.07) is 0. The predicted octanol–water partition coefficient (Wildman–Crippen LogP) is -0.465. The highest BCUT2D eigenvalue weighted by Crippen LogP contribution is 1.98. The molecule has 0 spiro atoms. The molecule has 0 rings (SSSR count). The number of carboxylic acids is 2. The minimum Gasteiger partial charge on any atom is -0.481 e. The Hall–Kier alpha value is -1.14. The number of carboxylic acid groups (broad SMARTS) is 2. The van der Waals surface area contributed by atoms with Crippen molar-refractivity contribution in [3.05, 3.63) is 0 Å². The molecule has 6 heteroatoms. The predicted molar refractivity (Wildman–Crippen MR) is 36.6 cm³/mol. The van der Waals surface area contributed by atoms with Crippen molar-refractivity contribution in [3.63, 3.8) is 0 Å². The molecular formula is C6H10O6. The van der Waals surface area contributed by atoms with Gasteiger partial charge in [0.15, 0.2) is 6.10 Å². The second-order valence-electron chi connectivity index (χ2n) is 2.00.